The van der Waals surface area contributed by atoms with Crippen LogP contribution in [0.4, 0.5) is 11.4 Å². The van der Waals surface area contributed by atoms with Crippen LogP contribution in [-0.4, -0.2) is 12.0 Å². The van der Waals surface area contributed by atoms with Crippen LogP contribution in [0.25, 0.3) is 0 Å². The number of hydrogen-bond donors (Lipinski definition) is 2. The molecule has 3 nitrogen and oxygen atoms in total. The van der Waals surface area contributed by atoms with Crippen LogP contribution in [-0.2, 0) is 0 Å². The van der Waals surface area contributed by atoms with Gasteiger partial charge in [0.05, 0.1) is 11.4 Å². The molecular formula is C6H7BrClN3. The molecule has 5 heteroatoms. The topological polar surface area (TPSA) is 50.9 Å². The van der Waals surface area contributed by atoms with E-state index >= 15 is 0 Å². The maximum absolute atomic E-state index is 5.75. The van der Waals surface area contributed by atoms with Gasteiger partial charge >= 0.3 is 0 Å². The van der Waals surface area contributed by atoms with Crippen molar-refractivity contribution in [1.29, 1.82) is 0 Å². The molecule has 1 aromatic rings. The van der Waals surface area contributed by atoms with E-state index in [1.165, 1.54) is 0 Å². The molecule has 0 amide bonds. The van der Waals surface area contributed by atoms with Crippen LogP contribution in [0.15, 0.2) is 10.7 Å². The summed E-state index contributed by atoms with van der Waals surface area (Å²) in [5.41, 5.74) is 6.86. The molecule has 0 saturated heterocycles. The summed E-state index contributed by atoms with van der Waals surface area (Å²) in [6, 6.07) is 1.69. The van der Waals surface area contributed by atoms with E-state index < -0.39 is 0 Å². The van der Waals surface area contributed by atoms with Gasteiger partial charge < -0.3 is 11.1 Å². The fourth-order valence-corrected chi connectivity index (χ4v) is 1.57. The van der Waals surface area contributed by atoms with Crippen LogP contribution in [0.3, 0.4) is 0 Å². The molecule has 0 bridgehead atoms. The number of nitrogens with one attached hydrogen (secondary N) is 1. The maximum Gasteiger partial charge on any atom is 0.155 e. The molecule has 60 valence electrons. The van der Waals surface area contributed by atoms with Gasteiger partial charge in [-0.15, -0.1) is 0 Å². The first-order chi connectivity index (χ1) is 5.15. The van der Waals surface area contributed by atoms with E-state index in [0.29, 0.717) is 21.1 Å². The molecule has 0 unspecified atom stereocenters. The number of nitrogens with zero attached hydrogens (tertiary/aromatic N) is 1. The average Bonchev–Trinajstić information content (AvgIpc) is 1.85. The standard InChI is InChI=1S/C6H7BrClN3/c1-10-5-3(9)2-4(7)11-6(5)8/h2,10H,1H3,(H2,9,11). The Morgan fingerprint density at radius 2 is 2.36 bits per heavy atom. The smallest absolute Gasteiger partial charge is 0.155 e. The molecule has 0 aliphatic heterocycles. The van der Waals surface area contributed by atoms with Crippen molar-refractivity contribution in [2.24, 2.45) is 0 Å². The monoisotopic (exact) mass is 235 g/mol. The third-order valence-corrected chi connectivity index (χ3v) is 1.90. The molecular weight excluding hydrogens is 229 g/mol. The van der Waals surface area contributed by atoms with Gasteiger partial charge in [-0.1, -0.05) is 11.6 Å². The SMILES string of the molecule is CNc1c(N)cc(Br)nc1Cl. The minimum atomic E-state index is 0.374. The first-order valence-corrected chi connectivity index (χ1v) is 4.11. The summed E-state index contributed by atoms with van der Waals surface area (Å²) in [6.45, 7) is 0. The van der Waals surface area contributed by atoms with Crippen molar-refractivity contribution in [2.45, 2.75) is 0 Å². The van der Waals surface area contributed by atoms with E-state index in [1.807, 2.05) is 0 Å². The number of halogens is 2. The highest BCUT2D eigenvalue weighted by atomic mass is 79.9. The van der Waals surface area contributed by atoms with Gasteiger partial charge in [-0.3, -0.25) is 0 Å². The highest BCUT2D eigenvalue weighted by Crippen LogP contribution is 2.28. The molecule has 0 aromatic carbocycles. The van der Waals surface area contributed by atoms with Crippen molar-refractivity contribution in [3.8, 4) is 0 Å². The Bertz CT molecular complexity index is 254. The maximum atomic E-state index is 5.75. The number of anilines is 2. The van der Waals surface area contributed by atoms with Crippen LogP contribution in [0.1, 0.15) is 0 Å². The van der Waals surface area contributed by atoms with Gasteiger partial charge in [0.25, 0.3) is 0 Å². The minimum absolute atomic E-state index is 0.374. The molecule has 0 radical (unpaired) electrons. The summed E-state index contributed by atoms with van der Waals surface area (Å²) < 4.78 is 0.638. The molecule has 0 atom stereocenters. The number of rotatable bonds is 1. The normalized spacial score (nSPS) is 9.73. The first-order valence-electron chi connectivity index (χ1n) is 2.94. The quantitative estimate of drug-likeness (QED) is 0.735. The zero-order valence-corrected chi connectivity index (χ0v) is 8.20. The van der Waals surface area contributed by atoms with Crippen molar-refractivity contribution in [2.75, 3.05) is 18.1 Å². The van der Waals surface area contributed by atoms with Gasteiger partial charge in [0.1, 0.15) is 4.60 Å². The second-order valence-electron chi connectivity index (χ2n) is 1.95. The molecule has 1 aromatic heterocycles. The third-order valence-electron chi connectivity index (χ3n) is 1.22. The van der Waals surface area contributed by atoms with Gasteiger partial charge in [-0.2, -0.15) is 0 Å². The van der Waals surface area contributed by atoms with E-state index in [0.717, 1.165) is 0 Å². The molecule has 1 rings (SSSR count). The molecule has 0 aliphatic carbocycles. The molecule has 0 fully saturated rings. The second kappa shape index (κ2) is 3.28. The fourth-order valence-electron chi connectivity index (χ4n) is 0.749. The van der Waals surface area contributed by atoms with Gasteiger partial charge in [0.15, 0.2) is 5.15 Å². The third kappa shape index (κ3) is 1.75. The van der Waals surface area contributed by atoms with Gasteiger partial charge in [-0.25, -0.2) is 4.98 Å². The van der Waals surface area contributed by atoms with Crippen molar-refractivity contribution < 1.29 is 0 Å². The molecule has 3 N–H and O–H groups in total. The van der Waals surface area contributed by atoms with Crippen LogP contribution < -0.4 is 11.1 Å². The Balaban J connectivity index is 3.25. The predicted molar refractivity (Wildman–Crippen MR) is 50.9 cm³/mol. The predicted octanol–water partition coefficient (Wildman–Crippen LogP) is 2.12. The van der Waals surface area contributed by atoms with Gasteiger partial charge in [-0.05, 0) is 22.0 Å². The Kier molecular flexibility index (Phi) is 2.57. The highest BCUT2D eigenvalue weighted by Gasteiger charge is 2.04. The van der Waals surface area contributed by atoms with Crippen molar-refractivity contribution in [1.82, 2.24) is 4.98 Å². The van der Waals surface area contributed by atoms with Crippen molar-refractivity contribution in [3.05, 3.63) is 15.8 Å². The van der Waals surface area contributed by atoms with E-state index in [4.69, 9.17) is 17.3 Å². The lowest BCUT2D eigenvalue weighted by atomic mass is 10.3. The van der Waals surface area contributed by atoms with Gasteiger partial charge in [0.2, 0.25) is 0 Å². The number of nitrogen functional groups attached to an aromatic ring is 1. The Morgan fingerprint density at radius 1 is 1.73 bits per heavy atom. The summed E-state index contributed by atoms with van der Waals surface area (Å²) in [7, 11) is 1.74. The lowest BCUT2D eigenvalue weighted by Crippen LogP contribution is -1.98. The molecule has 0 saturated carbocycles. The number of pyridine rings is 1. The van der Waals surface area contributed by atoms with Crippen LogP contribution in [0.5, 0.6) is 0 Å². The van der Waals surface area contributed by atoms with E-state index in [2.05, 4.69) is 26.2 Å². The van der Waals surface area contributed by atoms with E-state index in [-0.39, 0.29) is 0 Å². The van der Waals surface area contributed by atoms with Crippen LogP contribution in [0, 0.1) is 0 Å². The summed E-state index contributed by atoms with van der Waals surface area (Å²) in [5.74, 6) is 0. The van der Waals surface area contributed by atoms with Crippen LogP contribution in [0.2, 0.25) is 5.15 Å². The lowest BCUT2D eigenvalue weighted by molar-refractivity contribution is 1.27. The Hall–Kier alpha value is -0.480. The molecule has 11 heavy (non-hydrogen) atoms. The summed E-state index contributed by atoms with van der Waals surface area (Å²) >= 11 is 8.92. The Morgan fingerprint density at radius 3 is 2.82 bits per heavy atom. The fraction of sp³-hybridized carbons (Fsp3) is 0.167. The lowest BCUT2D eigenvalue weighted by Gasteiger charge is -2.05. The average molecular weight is 236 g/mol. The highest BCUT2D eigenvalue weighted by molar-refractivity contribution is 9.10. The van der Waals surface area contributed by atoms with Crippen LogP contribution >= 0.6 is 27.5 Å². The summed E-state index contributed by atoms with van der Waals surface area (Å²) in [5, 5.41) is 3.22. The molecule has 0 aliphatic rings. The molecule has 0 spiro atoms. The zero-order valence-electron chi connectivity index (χ0n) is 5.86. The molecule has 1 heterocycles. The number of hydrogen-bond acceptors (Lipinski definition) is 3. The van der Waals surface area contributed by atoms with Gasteiger partial charge in [0, 0.05) is 7.05 Å². The minimum Gasteiger partial charge on any atom is -0.397 e. The van der Waals surface area contributed by atoms with Crippen molar-refractivity contribution >= 4 is 38.9 Å². The second-order valence-corrected chi connectivity index (χ2v) is 3.12. The van der Waals surface area contributed by atoms with E-state index in [9.17, 15) is 0 Å². The zero-order chi connectivity index (χ0) is 8.43. The Labute approximate surface area is 78.1 Å². The summed E-state index contributed by atoms with van der Waals surface area (Å²) in [6.07, 6.45) is 0. The van der Waals surface area contributed by atoms with Crippen molar-refractivity contribution in [3.63, 3.8) is 0 Å². The first kappa shape index (κ1) is 8.62. The number of nitrogens with two attached hydrogens (primary N) is 1. The summed E-state index contributed by atoms with van der Waals surface area (Å²) in [4.78, 5) is 3.94. The number of aromatic nitrogens is 1. The largest absolute Gasteiger partial charge is 0.397 e. The van der Waals surface area contributed by atoms with E-state index in [1.54, 1.807) is 13.1 Å².